The lowest BCUT2D eigenvalue weighted by Gasteiger charge is -2.40. The largest absolute Gasteiger partial charge is 0.487 e. The average molecular weight is 721 g/mol. The maximum atomic E-state index is 14.3. The fraction of sp³-hybridized carbons (Fsp3) is 0.465. The van der Waals surface area contributed by atoms with Crippen molar-refractivity contribution >= 4 is 28.6 Å². The Morgan fingerprint density at radius 3 is 2.42 bits per heavy atom. The van der Waals surface area contributed by atoms with Crippen molar-refractivity contribution in [3.8, 4) is 22.9 Å². The first-order chi connectivity index (χ1) is 24.8. The molecule has 3 aliphatic heterocycles. The Balaban J connectivity index is 1.19. The third-order valence-corrected chi connectivity index (χ3v) is 11.7. The van der Waals surface area contributed by atoms with Crippen LogP contribution < -0.4 is 15.0 Å². The first-order valence-electron chi connectivity index (χ1n) is 18.4. The van der Waals surface area contributed by atoms with E-state index in [4.69, 9.17) is 23.9 Å². The summed E-state index contributed by atoms with van der Waals surface area (Å²) in [6.07, 6.45) is 1.56. The number of hydrogen-bond acceptors (Lipinski definition) is 9. The average Bonchev–Trinajstić information content (AvgIpc) is 3.46. The number of pyridine rings is 2. The summed E-state index contributed by atoms with van der Waals surface area (Å²) >= 11 is 0. The Bertz CT molecular complexity index is 2320. The van der Waals surface area contributed by atoms with Gasteiger partial charge in [-0.05, 0) is 116 Å². The number of esters is 2. The number of para-hydroxylation sites is 1. The van der Waals surface area contributed by atoms with E-state index in [9.17, 15) is 19.2 Å². The molecule has 10 nitrogen and oxygen atoms in total. The topological polar surface area (TPSA) is 123 Å². The molecule has 0 saturated heterocycles. The van der Waals surface area contributed by atoms with Gasteiger partial charge in [0.2, 0.25) is 5.60 Å². The number of ether oxygens (including phenoxy) is 4. The van der Waals surface area contributed by atoms with Gasteiger partial charge < -0.3 is 23.5 Å². The summed E-state index contributed by atoms with van der Waals surface area (Å²) in [4.78, 5) is 59.4. The van der Waals surface area contributed by atoms with Crippen LogP contribution in [0, 0.1) is 26.2 Å². The summed E-state index contributed by atoms with van der Waals surface area (Å²) in [6.45, 7) is 18.7. The number of hydrogen-bond donors (Lipinski definition) is 0. The van der Waals surface area contributed by atoms with Gasteiger partial charge in [0.25, 0.3) is 5.56 Å². The fourth-order valence-corrected chi connectivity index (χ4v) is 8.46. The first-order valence-corrected chi connectivity index (χ1v) is 18.4. The van der Waals surface area contributed by atoms with Crippen LogP contribution in [0.1, 0.15) is 107 Å². The minimum absolute atomic E-state index is 0.00407. The van der Waals surface area contributed by atoms with Crippen LogP contribution in [0.3, 0.4) is 0 Å². The van der Waals surface area contributed by atoms with Crippen LogP contribution in [0.2, 0.25) is 0 Å². The van der Waals surface area contributed by atoms with Crippen LogP contribution in [0.5, 0.6) is 11.5 Å². The maximum absolute atomic E-state index is 14.3. The van der Waals surface area contributed by atoms with Gasteiger partial charge in [-0.1, -0.05) is 25.1 Å². The number of ketones is 1. The quantitative estimate of drug-likeness (QED) is 0.150. The van der Waals surface area contributed by atoms with E-state index in [-0.39, 0.29) is 30.8 Å². The van der Waals surface area contributed by atoms with Gasteiger partial charge in [0, 0.05) is 28.5 Å². The Labute approximate surface area is 309 Å². The number of carbonyl (C=O) groups excluding carboxylic acids is 3. The van der Waals surface area contributed by atoms with E-state index in [1.165, 1.54) is 0 Å². The number of aromatic nitrogens is 2. The summed E-state index contributed by atoms with van der Waals surface area (Å²) in [6, 6.07) is 11.6. The normalized spacial score (nSPS) is 20.5. The highest BCUT2D eigenvalue weighted by molar-refractivity contribution is 5.89. The molecule has 7 rings (SSSR count). The number of cyclic esters (lactones) is 1. The third-order valence-electron chi connectivity index (χ3n) is 11.7. The predicted molar refractivity (Wildman–Crippen MR) is 200 cm³/mol. The van der Waals surface area contributed by atoms with Crippen LogP contribution in [-0.2, 0) is 49.0 Å². The lowest BCUT2D eigenvalue weighted by Crippen LogP contribution is -2.50. The van der Waals surface area contributed by atoms with Crippen molar-refractivity contribution in [2.24, 2.45) is 5.41 Å². The number of rotatable bonds is 8. The SMILES string of the molecule is CCC1(OC(=O)C(C)(C)CC(C)(C)Oc2c(C)c(C)c3c(c2C)CCC(C)(C(C)=O)O3)C(=O)OCc2c1cc1n(c2=O)Cc2cc3ccccc3nc2-1. The van der Waals surface area contributed by atoms with Gasteiger partial charge >= 0.3 is 11.9 Å². The lowest BCUT2D eigenvalue weighted by atomic mass is 9.80. The van der Waals surface area contributed by atoms with E-state index in [1.54, 1.807) is 38.3 Å². The van der Waals surface area contributed by atoms with Crippen LogP contribution in [0.25, 0.3) is 22.3 Å². The molecule has 2 atom stereocenters. The highest BCUT2D eigenvalue weighted by Crippen LogP contribution is 2.47. The second-order valence-electron chi connectivity index (χ2n) is 16.5. The molecule has 0 radical (unpaired) electrons. The van der Waals surface area contributed by atoms with Crippen LogP contribution >= 0.6 is 0 Å². The molecule has 2 aromatic carbocycles. The van der Waals surface area contributed by atoms with Crippen molar-refractivity contribution < 1.29 is 33.3 Å². The van der Waals surface area contributed by atoms with Crippen molar-refractivity contribution in [2.45, 2.75) is 125 Å². The number of carbonyl (C=O) groups is 3. The monoisotopic (exact) mass is 720 g/mol. The Morgan fingerprint density at radius 1 is 1.00 bits per heavy atom. The van der Waals surface area contributed by atoms with Crippen molar-refractivity contribution in [2.75, 3.05) is 0 Å². The van der Waals surface area contributed by atoms with Gasteiger partial charge in [-0.25, -0.2) is 9.78 Å². The molecule has 53 heavy (non-hydrogen) atoms. The number of nitrogens with zero attached hydrogens (tertiary/aromatic N) is 2. The highest BCUT2D eigenvalue weighted by Gasteiger charge is 2.53. The van der Waals surface area contributed by atoms with Crippen molar-refractivity contribution in [1.82, 2.24) is 9.55 Å². The summed E-state index contributed by atoms with van der Waals surface area (Å²) in [5.41, 5.74) is 2.39. The molecule has 5 heterocycles. The lowest BCUT2D eigenvalue weighted by molar-refractivity contribution is -0.196. The van der Waals surface area contributed by atoms with Crippen molar-refractivity contribution in [3.05, 3.63) is 85.7 Å². The van der Waals surface area contributed by atoms with Crippen LogP contribution in [-0.4, -0.2) is 38.5 Å². The van der Waals surface area contributed by atoms with Crippen LogP contribution in [0.15, 0.2) is 41.2 Å². The predicted octanol–water partition coefficient (Wildman–Crippen LogP) is 7.50. The van der Waals surface area contributed by atoms with E-state index < -0.39 is 34.2 Å². The molecule has 0 fully saturated rings. The summed E-state index contributed by atoms with van der Waals surface area (Å²) in [5.74, 6) is 0.130. The zero-order chi connectivity index (χ0) is 38.4. The molecule has 10 heteroatoms. The first kappa shape index (κ1) is 36.4. The second-order valence-corrected chi connectivity index (χ2v) is 16.5. The molecular weight excluding hydrogens is 672 g/mol. The standard InChI is InChI=1S/C43H48N2O8/c1-11-43(31-19-33-34-28(18-27-14-12-13-15-32(27)44-34)20-45(33)37(47)30(31)21-50-39(43)49)53-38(48)40(6,7)22-41(8,9)51-35-23(2)24(3)36-29(25(35)4)16-17-42(10,52-36)26(5)46/h12-15,18-19H,11,16-17,20-22H2,1-10H3. The Hall–Kier alpha value is -4.99. The molecular formula is C43H48N2O8. The molecule has 278 valence electrons. The molecule has 0 aliphatic carbocycles. The van der Waals surface area contributed by atoms with Gasteiger partial charge in [-0.3, -0.25) is 14.4 Å². The molecule has 0 saturated carbocycles. The van der Waals surface area contributed by atoms with Crippen molar-refractivity contribution in [3.63, 3.8) is 0 Å². The number of Topliss-reactive ketones (excluding diaryl/α,β-unsaturated/α-hetero) is 1. The van der Waals surface area contributed by atoms with E-state index >= 15 is 0 Å². The van der Waals surface area contributed by atoms with E-state index in [0.29, 0.717) is 41.9 Å². The van der Waals surface area contributed by atoms with E-state index in [2.05, 4.69) is 0 Å². The fourth-order valence-electron chi connectivity index (χ4n) is 8.46. The molecule has 4 aromatic rings. The summed E-state index contributed by atoms with van der Waals surface area (Å²) < 4.78 is 26.7. The van der Waals surface area contributed by atoms with E-state index in [1.807, 2.05) is 71.9 Å². The van der Waals surface area contributed by atoms with Crippen LogP contribution in [0.4, 0.5) is 0 Å². The molecule has 3 aliphatic rings. The Kier molecular flexibility index (Phi) is 8.43. The minimum Gasteiger partial charge on any atom is -0.487 e. The molecule has 0 bridgehead atoms. The van der Waals surface area contributed by atoms with Gasteiger partial charge in [0.1, 0.15) is 23.7 Å². The molecule has 0 N–H and O–H groups in total. The van der Waals surface area contributed by atoms with Crippen molar-refractivity contribution in [1.29, 1.82) is 0 Å². The zero-order valence-electron chi connectivity index (χ0n) is 32.4. The highest BCUT2D eigenvalue weighted by atomic mass is 16.6. The van der Waals surface area contributed by atoms with Gasteiger partial charge in [-0.2, -0.15) is 0 Å². The van der Waals surface area contributed by atoms with E-state index in [0.717, 1.165) is 50.2 Å². The minimum atomic E-state index is -1.82. The molecule has 0 spiro atoms. The molecule has 2 unspecified atom stereocenters. The number of fused-ring (bicyclic) bond motifs is 6. The molecule has 2 aromatic heterocycles. The molecule has 0 amide bonds. The summed E-state index contributed by atoms with van der Waals surface area (Å²) in [5, 5.41) is 0.972. The van der Waals surface area contributed by atoms with Gasteiger partial charge in [0.05, 0.1) is 34.4 Å². The zero-order valence-corrected chi connectivity index (χ0v) is 32.4. The van der Waals surface area contributed by atoms with Gasteiger partial charge in [-0.15, -0.1) is 0 Å². The third kappa shape index (κ3) is 5.72. The number of benzene rings is 2. The second kappa shape index (κ2) is 12.3. The smallest absolute Gasteiger partial charge is 0.355 e. The summed E-state index contributed by atoms with van der Waals surface area (Å²) in [7, 11) is 0. The maximum Gasteiger partial charge on any atom is 0.355 e. The Morgan fingerprint density at radius 2 is 1.72 bits per heavy atom. The van der Waals surface area contributed by atoms with Gasteiger partial charge in [0.15, 0.2) is 11.4 Å².